The number of hydrogen-bond acceptors (Lipinski definition) is 5. The Labute approximate surface area is 220 Å². The van der Waals surface area contributed by atoms with Gasteiger partial charge in [-0.2, -0.15) is 0 Å². The van der Waals surface area contributed by atoms with E-state index in [4.69, 9.17) is 4.74 Å². The smallest absolute Gasteiger partial charge is 0.407 e. The van der Waals surface area contributed by atoms with Crippen LogP contribution in [0.3, 0.4) is 0 Å². The standard InChI is InChI=1S/C30H30N2O6/c33-27-25-17-12-13-18(15-17)26(25)28(34)32(27)14-6-5-11-24(29(35)36)31-30(37)38-16-23-21-9-3-1-7-19(21)20-8-2-4-10-22(20)23/h1-4,7-10,12-13,17-18,23-24,33-34H,5-6,11,14-16H2,(H,31,37)(H,35,36). The van der Waals surface area contributed by atoms with Crippen LogP contribution < -0.4 is 5.32 Å². The van der Waals surface area contributed by atoms with Crippen molar-refractivity contribution in [3.63, 3.8) is 0 Å². The van der Waals surface area contributed by atoms with Crippen molar-refractivity contribution in [2.75, 3.05) is 6.61 Å². The minimum absolute atomic E-state index is 0.0981. The molecule has 196 valence electrons. The molecule has 1 heterocycles. The molecular formula is C30H30N2O6. The Morgan fingerprint density at radius 3 is 2.08 bits per heavy atom. The van der Waals surface area contributed by atoms with Gasteiger partial charge >= 0.3 is 12.1 Å². The van der Waals surface area contributed by atoms with E-state index in [2.05, 4.69) is 29.6 Å². The summed E-state index contributed by atoms with van der Waals surface area (Å²) in [4.78, 5) is 24.4. The summed E-state index contributed by atoms with van der Waals surface area (Å²) >= 11 is 0. The van der Waals surface area contributed by atoms with Gasteiger partial charge in [-0.05, 0) is 47.9 Å². The Bertz CT molecular complexity index is 1360. The number of unbranched alkanes of at least 4 members (excludes halogenated alkanes) is 1. The number of fused-ring (bicyclic) bond motifs is 8. The number of nitrogens with zero attached hydrogens (tertiary/aromatic N) is 1. The van der Waals surface area contributed by atoms with Crippen molar-refractivity contribution in [3.05, 3.63) is 82.9 Å². The molecule has 8 heteroatoms. The number of aromatic hydroxyl groups is 2. The fraction of sp³-hybridized carbons (Fsp3) is 0.333. The summed E-state index contributed by atoms with van der Waals surface area (Å²) < 4.78 is 7.00. The molecule has 0 spiro atoms. The molecule has 1 amide bonds. The zero-order chi connectivity index (χ0) is 26.4. The Balaban J connectivity index is 1.02. The molecule has 3 aliphatic carbocycles. The van der Waals surface area contributed by atoms with Crippen molar-refractivity contribution in [2.45, 2.75) is 56.0 Å². The molecule has 0 fully saturated rings. The average molecular weight is 515 g/mol. The number of alkyl carbamates (subject to hydrolysis) is 1. The first-order chi connectivity index (χ1) is 18.4. The van der Waals surface area contributed by atoms with E-state index in [1.807, 2.05) is 36.4 Å². The number of hydrogen-bond donors (Lipinski definition) is 4. The third-order valence-corrected chi connectivity index (χ3v) is 8.17. The number of amides is 1. The van der Waals surface area contributed by atoms with Gasteiger partial charge in [0.1, 0.15) is 12.6 Å². The number of aromatic nitrogens is 1. The maximum atomic E-state index is 12.6. The van der Waals surface area contributed by atoms with Crippen molar-refractivity contribution >= 4 is 12.1 Å². The van der Waals surface area contributed by atoms with Crippen molar-refractivity contribution < 1.29 is 29.6 Å². The molecular weight excluding hydrogens is 484 g/mol. The monoisotopic (exact) mass is 514 g/mol. The predicted octanol–water partition coefficient (Wildman–Crippen LogP) is 5.20. The normalized spacial score (nSPS) is 19.2. The molecule has 0 aliphatic heterocycles. The average Bonchev–Trinajstić information content (AvgIpc) is 3.67. The van der Waals surface area contributed by atoms with Crippen LogP contribution in [-0.2, 0) is 16.1 Å². The lowest BCUT2D eigenvalue weighted by Gasteiger charge is -2.17. The predicted molar refractivity (Wildman–Crippen MR) is 140 cm³/mol. The van der Waals surface area contributed by atoms with Gasteiger partial charge in [-0.15, -0.1) is 0 Å². The van der Waals surface area contributed by atoms with Crippen LogP contribution in [-0.4, -0.2) is 44.6 Å². The van der Waals surface area contributed by atoms with E-state index in [0.29, 0.717) is 19.4 Å². The Hall–Kier alpha value is -4.20. The number of carboxylic acids is 1. The lowest BCUT2D eigenvalue weighted by Crippen LogP contribution is -2.41. The highest BCUT2D eigenvalue weighted by atomic mass is 16.5. The van der Waals surface area contributed by atoms with Gasteiger partial charge in [-0.3, -0.25) is 4.57 Å². The number of allylic oxidation sites excluding steroid dienone is 2. The minimum Gasteiger partial charge on any atom is -0.494 e. The number of rotatable bonds is 9. The van der Waals surface area contributed by atoms with Crippen molar-refractivity contribution in [3.8, 4) is 22.9 Å². The van der Waals surface area contributed by atoms with Crippen LogP contribution in [0.4, 0.5) is 4.79 Å². The molecule has 38 heavy (non-hydrogen) atoms. The van der Waals surface area contributed by atoms with Crippen LogP contribution in [0.15, 0.2) is 60.7 Å². The van der Waals surface area contributed by atoms with E-state index >= 15 is 0 Å². The molecule has 6 rings (SSSR count). The van der Waals surface area contributed by atoms with E-state index in [9.17, 15) is 24.9 Å². The number of carbonyl (C=O) groups excluding carboxylic acids is 1. The van der Waals surface area contributed by atoms with Gasteiger partial charge in [-0.1, -0.05) is 60.7 Å². The molecule has 2 aromatic carbocycles. The topological polar surface area (TPSA) is 121 Å². The maximum absolute atomic E-state index is 12.6. The minimum atomic E-state index is -1.13. The summed E-state index contributed by atoms with van der Waals surface area (Å²) in [6.45, 7) is 0.473. The van der Waals surface area contributed by atoms with Crippen LogP contribution in [0.5, 0.6) is 11.8 Å². The fourth-order valence-corrected chi connectivity index (χ4v) is 6.36. The summed E-state index contributed by atoms with van der Waals surface area (Å²) in [5, 5.41) is 33.4. The van der Waals surface area contributed by atoms with Crippen LogP contribution in [0.2, 0.25) is 0 Å². The molecule has 3 atom stereocenters. The molecule has 0 radical (unpaired) electrons. The molecule has 3 aliphatic rings. The third kappa shape index (κ3) is 4.00. The lowest BCUT2D eigenvalue weighted by atomic mass is 9.98. The Morgan fingerprint density at radius 1 is 0.921 bits per heavy atom. The molecule has 0 saturated heterocycles. The number of carboxylic acid groups (broad SMARTS) is 1. The summed E-state index contributed by atoms with van der Waals surface area (Å²) in [5.74, 6) is -0.737. The van der Waals surface area contributed by atoms with Crippen LogP contribution in [0.1, 0.15) is 65.7 Å². The molecule has 8 nitrogen and oxygen atoms in total. The summed E-state index contributed by atoms with van der Waals surface area (Å²) in [6, 6.07) is 14.9. The second-order valence-electron chi connectivity index (χ2n) is 10.3. The van der Waals surface area contributed by atoms with Crippen molar-refractivity contribution in [2.24, 2.45) is 0 Å². The molecule has 4 N–H and O–H groups in total. The summed E-state index contributed by atoms with van der Waals surface area (Å²) in [6.07, 6.45) is 5.50. The van der Waals surface area contributed by atoms with Gasteiger partial charge < -0.3 is 25.4 Å². The van der Waals surface area contributed by atoms with Gasteiger partial charge in [0.15, 0.2) is 11.8 Å². The summed E-state index contributed by atoms with van der Waals surface area (Å²) in [7, 11) is 0. The van der Waals surface area contributed by atoms with Gasteiger partial charge in [0.25, 0.3) is 0 Å². The first-order valence-electron chi connectivity index (χ1n) is 13.1. The van der Waals surface area contributed by atoms with Gasteiger partial charge in [0, 0.05) is 35.4 Å². The van der Waals surface area contributed by atoms with Crippen LogP contribution in [0, 0.1) is 0 Å². The molecule has 3 unspecified atom stereocenters. The van der Waals surface area contributed by atoms with Crippen LogP contribution in [0.25, 0.3) is 11.1 Å². The Kier molecular flexibility index (Phi) is 6.10. The van der Waals surface area contributed by atoms with E-state index in [1.54, 1.807) is 0 Å². The van der Waals surface area contributed by atoms with Gasteiger partial charge in [0.2, 0.25) is 0 Å². The highest BCUT2D eigenvalue weighted by Crippen LogP contribution is 2.56. The van der Waals surface area contributed by atoms with Crippen molar-refractivity contribution in [1.82, 2.24) is 9.88 Å². The lowest BCUT2D eigenvalue weighted by molar-refractivity contribution is -0.139. The first-order valence-corrected chi connectivity index (χ1v) is 13.1. The maximum Gasteiger partial charge on any atom is 0.407 e. The highest BCUT2D eigenvalue weighted by Gasteiger charge is 2.40. The molecule has 0 saturated carbocycles. The van der Waals surface area contributed by atoms with E-state index in [1.165, 1.54) is 4.57 Å². The highest BCUT2D eigenvalue weighted by molar-refractivity contribution is 5.81. The molecule has 3 aromatic rings. The number of nitrogens with one attached hydrogen (secondary N) is 1. The van der Waals surface area contributed by atoms with Crippen molar-refractivity contribution in [1.29, 1.82) is 0 Å². The zero-order valence-corrected chi connectivity index (χ0v) is 20.8. The second-order valence-corrected chi connectivity index (χ2v) is 10.3. The summed E-state index contributed by atoms with van der Waals surface area (Å²) in [5.41, 5.74) is 6.04. The quantitative estimate of drug-likeness (QED) is 0.230. The number of carbonyl (C=O) groups is 2. The third-order valence-electron chi connectivity index (χ3n) is 8.17. The zero-order valence-electron chi connectivity index (χ0n) is 20.8. The number of aliphatic carboxylic acids is 1. The molecule has 1 aromatic heterocycles. The molecule has 2 bridgehead atoms. The number of ether oxygens (including phenoxy) is 1. The number of benzene rings is 2. The van der Waals surface area contributed by atoms with Gasteiger partial charge in [0.05, 0.1) is 0 Å². The fourth-order valence-electron chi connectivity index (χ4n) is 6.36. The van der Waals surface area contributed by atoms with E-state index in [-0.39, 0.29) is 42.5 Å². The van der Waals surface area contributed by atoms with E-state index in [0.717, 1.165) is 39.8 Å². The van der Waals surface area contributed by atoms with Gasteiger partial charge in [-0.25, -0.2) is 9.59 Å². The SMILES string of the molecule is O=C(NC(CCCCn1c(O)c2c(c1O)C1C=CC2C1)C(=O)O)OCC1c2ccccc2-c2ccccc21. The first kappa shape index (κ1) is 24.2. The Morgan fingerprint density at radius 2 is 1.50 bits per heavy atom. The second kappa shape index (κ2) is 9.59. The van der Waals surface area contributed by atoms with E-state index < -0.39 is 18.1 Å². The van der Waals surface area contributed by atoms with Crippen LogP contribution >= 0.6 is 0 Å². The largest absolute Gasteiger partial charge is 0.494 e.